The Bertz CT molecular complexity index is 527. The van der Waals surface area contributed by atoms with Crippen LogP contribution in [-0.2, 0) is 0 Å². The molecule has 1 aromatic rings. The van der Waals surface area contributed by atoms with Crippen LogP contribution in [0.4, 0.5) is 0 Å². The van der Waals surface area contributed by atoms with Crippen molar-refractivity contribution in [3.05, 3.63) is 29.3 Å². The molecule has 0 saturated carbocycles. The highest BCUT2D eigenvalue weighted by atomic mass is 16.5. The Kier molecular flexibility index (Phi) is 6.08. The van der Waals surface area contributed by atoms with Gasteiger partial charge >= 0.3 is 0 Å². The largest absolute Gasteiger partial charge is 0.495 e. The Morgan fingerprint density at radius 3 is 2.65 bits per heavy atom. The molecule has 0 radical (unpaired) electrons. The van der Waals surface area contributed by atoms with Gasteiger partial charge < -0.3 is 15.4 Å². The molecule has 108 valence electrons. The fourth-order valence-electron chi connectivity index (χ4n) is 1.99. The first-order chi connectivity index (χ1) is 9.54. The molecule has 0 heterocycles. The molecule has 1 aromatic carbocycles. The van der Waals surface area contributed by atoms with Crippen LogP contribution in [-0.4, -0.2) is 37.0 Å². The zero-order valence-electron chi connectivity index (χ0n) is 12.6. The minimum Gasteiger partial charge on any atom is -0.495 e. The van der Waals surface area contributed by atoms with E-state index in [1.165, 1.54) is 0 Å². The third-order valence-corrected chi connectivity index (χ3v) is 3.00. The molecular formula is C16H22N2O2. The lowest BCUT2D eigenvalue weighted by Gasteiger charge is -2.25. The second kappa shape index (κ2) is 7.56. The summed E-state index contributed by atoms with van der Waals surface area (Å²) in [6.07, 6.45) is 0. The smallest absolute Gasteiger partial charge is 0.254 e. The van der Waals surface area contributed by atoms with Gasteiger partial charge in [-0.05, 0) is 39.0 Å². The molecule has 1 rings (SSSR count). The minimum atomic E-state index is 0.000881. The van der Waals surface area contributed by atoms with E-state index in [9.17, 15) is 4.79 Å². The second-order valence-electron chi connectivity index (χ2n) is 4.61. The summed E-state index contributed by atoms with van der Waals surface area (Å²) in [4.78, 5) is 14.3. The summed E-state index contributed by atoms with van der Waals surface area (Å²) < 4.78 is 5.24. The minimum absolute atomic E-state index is 0.000881. The van der Waals surface area contributed by atoms with E-state index in [0.29, 0.717) is 23.4 Å². The summed E-state index contributed by atoms with van der Waals surface area (Å²) in [6.45, 7) is 6.91. The molecule has 0 spiro atoms. The Morgan fingerprint density at radius 2 is 2.15 bits per heavy atom. The summed E-state index contributed by atoms with van der Waals surface area (Å²) in [5.74, 6) is 6.37. The van der Waals surface area contributed by atoms with E-state index < -0.39 is 0 Å². The maximum Gasteiger partial charge on any atom is 0.254 e. The van der Waals surface area contributed by atoms with E-state index in [2.05, 4.69) is 11.8 Å². The number of nitrogens with two attached hydrogens (primary N) is 1. The summed E-state index contributed by atoms with van der Waals surface area (Å²) in [6, 6.07) is 5.45. The molecule has 0 aliphatic carbocycles. The standard InChI is InChI=1S/C16H22N2O2/c1-5-18(12(2)3)16(19)14-8-9-15(20-4)13(11-14)7-6-10-17/h8-9,11-12H,5,10,17H2,1-4H3. The average molecular weight is 274 g/mol. The number of rotatable bonds is 4. The molecule has 0 fully saturated rings. The van der Waals surface area contributed by atoms with Crippen LogP contribution in [0.3, 0.4) is 0 Å². The van der Waals surface area contributed by atoms with Gasteiger partial charge in [-0.15, -0.1) is 0 Å². The zero-order chi connectivity index (χ0) is 15.1. The Balaban J connectivity index is 3.17. The molecule has 0 atom stereocenters. The maximum atomic E-state index is 12.5. The number of hydrogen-bond acceptors (Lipinski definition) is 3. The molecule has 0 unspecified atom stereocenters. The quantitative estimate of drug-likeness (QED) is 0.853. The number of hydrogen-bond donors (Lipinski definition) is 1. The van der Waals surface area contributed by atoms with E-state index >= 15 is 0 Å². The maximum absolute atomic E-state index is 12.5. The van der Waals surface area contributed by atoms with E-state index in [4.69, 9.17) is 10.5 Å². The van der Waals surface area contributed by atoms with E-state index in [0.717, 1.165) is 0 Å². The summed E-state index contributed by atoms with van der Waals surface area (Å²) in [5, 5.41) is 0. The van der Waals surface area contributed by atoms with Crippen molar-refractivity contribution >= 4 is 5.91 Å². The van der Waals surface area contributed by atoms with E-state index in [1.807, 2.05) is 25.7 Å². The normalized spacial score (nSPS) is 9.90. The predicted molar refractivity (Wildman–Crippen MR) is 80.8 cm³/mol. The first-order valence-corrected chi connectivity index (χ1v) is 6.73. The zero-order valence-corrected chi connectivity index (χ0v) is 12.6. The van der Waals surface area contributed by atoms with Gasteiger partial charge in [0.25, 0.3) is 5.91 Å². The van der Waals surface area contributed by atoms with Crippen molar-refractivity contribution in [2.45, 2.75) is 26.8 Å². The third-order valence-electron chi connectivity index (χ3n) is 3.00. The molecule has 0 aromatic heterocycles. The molecule has 0 aliphatic rings. The van der Waals surface area contributed by atoms with Crippen molar-refractivity contribution in [1.29, 1.82) is 0 Å². The fraction of sp³-hybridized carbons (Fsp3) is 0.438. The van der Waals surface area contributed by atoms with Gasteiger partial charge in [-0.2, -0.15) is 0 Å². The van der Waals surface area contributed by atoms with Crippen LogP contribution < -0.4 is 10.5 Å². The molecule has 20 heavy (non-hydrogen) atoms. The summed E-state index contributed by atoms with van der Waals surface area (Å²) in [5.41, 5.74) is 6.68. The fourth-order valence-corrected chi connectivity index (χ4v) is 1.99. The predicted octanol–water partition coefficient (Wildman–Crippen LogP) is 1.88. The SMILES string of the molecule is CCN(C(=O)c1ccc(OC)c(C#CCN)c1)C(C)C. The molecule has 4 heteroatoms. The van der Waals surface area contributed by atoms with Crippen LogP contribution in [0.1, 0.15) is 36.7 Å². The van der Waals surface area contributed by atoms with Crippen LogP contribution in [0.25, 0.3) is 0 Å². The summed E-state index contributed by atoms with van der Waals surface area (Å²) in [7, 11) is 1.58. The van der Waals surface area contributed by atoms with Crippen molar-refractivity contribution in [2.24, 2.45) is 5.73 Å². The lowest BCUT2D eigenvalue weighted by molar-refractivity contribution is 0.0717. The molecule has 0 aliphatic heterocycles. The first-order valence-electron chi connectivity index (χ1n) is 6.73. The van der Waals surface area contributed by atoms with Crippen molar-refractivity contribution in [3.8, 4) is 17.6 Å². The monoisotopic (exact) mass is 274 g/mol. The molecule has 1 amide bonds. The average Bonchev–Trinajstić information content (AvgIpc) is 2.44. The van der Waals surface area contributed by atoms with Crippen LogP contribution in [0.5, 0.6) is 5.75 Å². The highest BCUT2D eigenvalue weighted by Gasteiger charge is 2.18. The van der Waals surface area contributed by atoms with E-state index in [-0.39, 0.29) is 18.5 Å². The van der Waals surface area contributed by atoms with Crippen LogP contribution in [0, 0.1) is 11.8 Å². The number of methoxy groups -OCH3 is 1. The Hall–Kier alpha value is -1.99. The van der Waals surface area contributed by atoms with Gasteiger partial charge in [0.15, 0.2) is 0 Å². The molecule has 4 nitrogen and oxygen atoms in total. The number of carbonyl (C=O) groups is 1. The highest BCUT2D eigenvalue weighted by Crippen LogP contribution is 2.20. The number of benzene rings is 1. The lowest BCUT2D eigenvalue weighted by Crippen LogP contribution is -2.36. The van der Waals surface area contributed by atoms with Crippen LogP contribution in [0.15, 0.2) is 18.2 Å². The molecule has 2 N–H and O–H groups in total. The topological polar surface area (TPSA) is 55.6 Å². The van der Waals surface area contributed by atoms with Gasteiger partial charge in [-0.25, -0.2) is 0 Å². The lowest BCUT2D eigenvalue weighted by atomic mass is 10.1. The van der Waals surface area contributed by atoms with Gasteiger partial charge in [0.2, 0.25) is 0 Å². The highest BCUT2D eigenvalue weighted by molar-refractivity contribution is 5.95. The second-order valence-corrected chi connectivity index (χ2v) is 4.61. The van der Waals surface area contributed by atoms with Gasteiger partial charge in [0, 0.05) is 18.2 Å². The Labute approximate surface area is 120 Å². The number of amides is 1. The van der Waals surface area contributed by atoms with Crippen molar-refractivity contribution in [3.63, 3.8) is 0 Å². The van der Waals surface area contributed by atoms with Gasteiger partial charge in [-0.1, -0.05) is 11.8 Å². The van der Waals surface area contributed by atoms with Gasteiger partial charge in [0.05, 0.1) is 19.2 Å². The van der Waals surface area contributed by atoms with E-state index in [1.54, 1.807) is 25.3 Å². The van der Waals surface area contributed by atoms with Gasteiger partial charge in [0.1, 0.15) is 5.75 Å². The van der Waals surface area contributed by atoms with Crippen molar-refractivity contribution in [2.75, 3.05) is 20.2 Å². The molecular weight excluding hydrogens is 252 g/mol. The number of nitrogens with zero attached hydrogens (tertiary/aromatic N) is 1. The van der Waals surface area contributed by atoms with Crippen molar-refractivity contribution < 1.29 is 9.53 Å². The van der Waals surface area contributed by atoms with Crippen LogP contribution >= 0.6 is 0 Å². The number of ether oxygens (including phenoxy) is 1. The third kappa shape index (κ3) is 3.75. The van der Waals surface area contributed by atoms with Gasteiger partial charge in [-0.3, -0.25) is 4.79 Å². The Morgan fingerprint density at radius 1 is 1.45 bits per heavy atom. The molecule has 0 bridgehead atoms. The van der Waals surface area contributed by atoms with Crippen LogP contribution in [0.2, 0.25) is 0 Å². The molecule has 0 saturated heterocycles. The first kappa shape index (κ1) is 16.1. The van der Waals surface area contributed by atoms with Crippen molar-refractivity contribution in [1.82, 2.24) is 4.90 Å². The summed E-state index contributed by atoms with van der Waals surface area (Å²) >= 11 is 0. The number of carbonyl (C=O) groups excluding carboxylic acids is 1.